The van der Waals surface area contributed by atoms with Crippen molar-refractivity contribution in [1.82, 2.24) is 4.90 Å². The van der Waals surface area contributed by atoms with E-state index in [-0.39, 0.29) is 5.82 Å². The van der Waals surface area contributed by atoms with E-state index in [2.05, 4.69) is 6.58 Å². The maximum absolute atomic E-state index is 12.8. The zero-order valence-corrected chi connectivity index (χ0v) is 6.97. The zero-order chi connectivity index (χ0) is 8.72. The summed E-state index contributed by atoms with van der Waals surface area (Å²) in [6.07, 6.45) is 0. The summed E-state index contributed by atoms with van der Waals surface area (Å²) in [6, 6.07) is 4.85. The molecule has 0 bridgehead atoms. The minimum atomic E-state index is -0.190. The van der Waals surface area contributed by atoms with Crippen molar-refractivity contribution < 1.29 is 4.39 Å². The molecule has 1 heterocycles. The Kier molecular flexibility index (Phi) is 1.43. The van der Waals surface area contributed by atoms with Crippen LogP contribution in [0.3, 0.4) is 0 Å². The second kappa shape index (κ2) is 2.34. The molecule has 0 fully saturated rings. The predicted molar refractivity (Wildman–Crippen MR) is 46.9 cm³/mol. The molecule has 0 aromatic heterocycles. The molecule has 0 saturated carbocycles. The summed E-state index contributed by atoms with van der Waals surface area (Å²) in [7, 11) is 1.96. The fourth-order valence-corrected chi connectivity index (χ4v) is 1.51. The first-order chi connectivity index (χ1) is 5.68. The van der Waals surface area contributed by atoms with E-state index in [1.165, 1.54) is 6.07 Å². The van der Waals surface area contributed by atoms with Crippen LogP contribution in [0.25, 0.3) is 5.70 Å². The van der Waals surface area contributed by atoms with E-state index < -0.39 is 0 Å². The standard InChI is InChI=1S/C10H10FN/c1-7-10-5-9(11)4-3-8(10)6-12(7)2/h3-5H,1,6H2,2H3. The minimum absolute atomic E-state index is 0.190. The lowest BCUT2D eigenvalue weighted by molar-refractivity contribution is 0.501. The van der Waals surface area contributed by atoms with Gasteiger partial charge in [0.15, 0.2) is 0 Å². The van der Waals surface area contributed by atoms with Gasteiger partial charge in [-0.2, -0.15) is 0 Å². The largest absolute Gasteiger partial charge is 0.370 e. The van der Waals surface area contributed by atoms with Gasteiger partial charge in [0.05, 0.1) is 0 Å². The van der Waals surface area contributed by atoms with Crippen LogP contribution in [0.1, 0.15) is 11.1 Å². The van der Waals surface area contributed by atoms with Gasteiger partial charge in [-0.15, -0.1) is 0 Å². The lowest BCUT2D eigenvalue weighted by Crippen LogP contribution is -2.05. The number of rotatable bonds is 0. The highest BCUT2D eigenvalue weighted by atomic mass is 19.1. The van der Waals surface area contributed by atoms with Crippen LogP contribution in [0, 0.1) is 5.82 Å². The fraction of sp³-hybridized carbons (Fsp3) is 0.200. The second-order valence-electron chi connectivity index (χ2n) is 3.10. The molecule has 0 aliphatic carbocycles. The third kappa shape index (κ3) is 0.916. The molecule has 1 aliphatic rings. The smallest absolute Gasteiger partial charge is 0.123 e. The van der Waals surface area contributed by atoms with Gasteiger partial charge in [-0.05, 0) is 17.7 Å². The van der Waals surface area contributed by atoms with Gasteiger partial charge in [-0.25, -0.2) is 4.39 Å². The Bertz CT molecular complexity index is 344. The number of hydrogen-bond donors (Lipinski definition) is 0. The van der Waals surface area contributed by atoms with Crippen LogP contribution in [-0.4, -0.2) is 11.9 Å². The molecule has 0 amide bonds. The molecule has 0 N–H and O–H groups in total. The number of fused-ring (bicyclic) bond motifs is 1. The number of benzene rings is 1. The Hall–Kier alpha value is -1.31. The summed E-state index contributed by atoms with van der Waals surface area (Å²) in [6.45, 7) is 4.72. The lowest BCUT2D eigenvalue weighted by Gasteiger charge is -2.10. The van der Waals surface area contributed by atoms with Gasteiger partial charge in [0.2, 0.25) is 0 Å². The van der Waals surface area contributed by atoms with Gasteiger partial charge in [0.1, 0.15) is 5.82 Å². The van der Waals surface area contributed by atoms with Crippen molar-refractivity contribution in [3.8, 4) is 0 Å². The fourth-order valence-electron chi connectivity index (χ4n) is 1.51. The highest BCUT2D eigenvalue weighted by Crippen LogP contribution is 2.29. The summed E-state index contributed by atoms with van der Waals surface area (Å²) in [4.78, 5) is 2.02. The van der Waals surface area contributed by atoms with Crippen LogP contribution < -0.4 is 0 Å². The topological polar surface area (TPSA) is 3.24 Å². The molecule has 0 spiro atoms. The normalized spacial score (nSPS) is 15.2. The third-order valence-corrected chi connectivity index (χ3v) is 2.25. The molecule has 0 saturated heterocycles. The Morgan fingerprint density at radius 2 is 2.25 bits per heavy atom. The Morgan fingerprint density at radius 3 is 3.00 bits per heavy atom. The number of nitrogens with zero attached hydrogens (tertiary/aromatic N) is 1. The van der Waals surface area contributed by atoms with Crippen molar-refractivity contribution in [3.05, 3.63) is 41.7 Å². The SMILES string of the molecule is C=C1c2cc(F)ccc2CN1C. The Morgan fingerprint density at radius 1 is 1.50 bits per heavy atom. The predicted octanol–water partition coefficient (Wildman–Crippen LogP) is 2.24. The molecule has 2 rings (SSSR count). The molecule has 1 nitrogen and oxygen atoms in total. The summed E-state index contributed by atoms with van der Waals surface area (Å²) < 4.78 is 12.8. The van der Waals surface area contributed by atoms with Crippen molar-refractivity contribution in [3.63, 3.8) is 0 Å². The van der Waals surface area contributed by atoms with Crippen molar-refractivity contribution in [2.45, 2.75) is 6.54 Å². The van der Waals surface area contributed by atoms with E-state index in [1.54, 1.807) is 6.07 Å². The van der Waals surface area contributed by atoms with E-state index in [1.807, 2.05) is 18.0 Å². The van der Waals surface area contributed by atoms with E-state index in [9.17, 15) is 4.39 Å². The molecular formula is C10H10FN. The Balaban J connectivity index is 2.56. The highest BCUT2D eigenvalue weighted by Gasteiger charge is 2.18. The van der Waals surface area contributed by atoms with Crippen molar-refractivity contribution in [1.29, 1.82) is 0 Å². The molecule has 0 atom stereocenters. The van der Waals surface area contributed by atoms with Crippen LogP contribution >= 0.6 is 0 Å². The van der Waals surface area contributed by atoms with Gasteiger partial charge in [-0.3, -0.25) is 0 Å². The zero-order valence-electron chi connectivity index (χ0n) is 6.97. The minimum Gasteiger partial charge on any atom is -0.370 e. The first-order valence-electron chi connectivity index (χ1n) is 3.87. The molecule has 62 valence electrons. The van der Waals surface area contributed by atoms with Crippen LogP contribution in [0.15, 0.2) is 24.8 Å². The molecule has 2 heteroatoms. The van der Waals surface area contributed by atoms with E-state index in [4.69, 9.17) is 0 Å². The first-order valence-corrected chi connectivity index (χ1v) is 3.87. The van der Waals surface area contributed by atoms with Crippen LogP contribution in [-0.2, 0) is 6.54 Å². The molecule has 0 radical (unpaired) electrons. The molecule has 1 aliphatic heterocycles. The van der Waals surface area contributed by atoms with Gasteiger partial charge in [0.25, 0.3) is 0 Å². The summed E-state index contributed by atoms with van der Waals surface area (Å²) in [5.41, 5.74) is 3.01. The Labute approximate surface area is 71.1 Å². The molecule has 1 aromatic rings. The summed E-state index contributed by atoms with van der Waals surface area (Å²) in [5.74, 6) is -0.190. The van der Waals surface area contributed by atoms with Crippen LogP contribution in [0.2, 0.25) is 0 Å². The quantitative estimate of drug-likeness (QED) is 0.567. The first kappa shape index (κ1) is 7.35. The maximum Gasteiger partial charge on any atom is 0.123 e. The van der Waals surface area contributed by atoms with Gasteiger partial charge < -0.3 is 4.90 Å². The van der Waals surface area contributed by atoms with Crippen molar-refractivity contribution in [2.24, 2.45) is 0 Å². The average molecular weight is 163 g/mol. The van der Waals surface area contributed by atoms with E-state index in [0.717, 1.165) is 23.4 Å². The maximum atomic E-state index is 12.8. The molecule has 0 unspecified atom stereocenters. The third-order valence-electron chi connectivity index (χ3n) is 2.25. The summed E-state index contributed by atoms with van der Waals surface area (Å²) in [5, 5.41) is 0. The highest BCUT2D eigenvalue weighted by molar-refractivity contribution is 5.68. The number of halogens is 1. The lowest BCUT2D eigenvalue weighted by atomic mass is 10.1. The monoisotopic (exact) mass is 163 g/mol. The van der Waals surface area contributed by atoms with Crippen molar-refractivity contribution >= 4 is 5.70 Å². The van der Waals surface area contributed by atoms with Crippen LogP contribution in [0.5, 0.6) is 0 Å². The average Bonchev–Trinajstić information content (AvgIpc) is 2.31. The summed E-state index contributed by atoms with van der Waals surface area (Å²) >= 11 is 0. The molecule has 1 aromatic carbocycles. The van der Waals surface area contributed by atoms with E-state index in [0.29, 0.717) is 0 Å². The van der Waals surface area contributed by atoms with Crippen LogP contribution in [0.4, 0.5) is 4.39 Å². The van der Waals surface area contributed by atoms with Gasteiger partial charge in [-0.1, -0.05) is 12.6 Å². The second-order valence-corrected chi connectivity index (χ2v) is 3.10. The number of hydrogen-bond acceptors (Lipinski definition) is 1. The molecule has 12 heavy (non-hydrogen) atoms. The van der Waals surface area contributed by atoms with Gasteiger partial charge >= 0.3 is 0 Å². The van der Waals surface area contributed by atoms with Gasteiger partial charge in [0, 0.05) is 24.9 Å². The van der Waals surface area contributed by atoms with Crippen molar-refractivity contribution in [2.75, 3.05) is 7.05 Å². The van der Waals surface area contributed by atoms with E-state index >= 15 is 0 Å². The molecular weight excluding hydrogens is 153 g/mol.